The summed E-state index contributed by atoms with van der Waals surface area (Å²) < 4.78 is 50.5. The maximum absolute atomic E-state index is 12.9. The molecular formula is C14H23ClN2O4S2. The number of sulfone groups is 1. The SMILES string of the molecule is CNC1CCCN(S(=O)(=O)c2cc(S(C)(=O)=O)ccc2C)C1.Cl. The van der Waals surface area contributed by atoms with E-state index < -0.39 is 19.9 Å². The smallest absolute Gasteiger partial charge is 0.243 e. The lowest BCUT2D eigenvalue weighted by molar-refractivity contribution is 0.292. The monoisotopic (exact) mass is 382 g/mol. The molecule has 1 unspecified atom stereocenters. The first-order chi connectivity index (χ1) is 10.2. The Bertz CT molecular complexity index is 763. The zero-order valence-corrected chi connectivity index (χ0v) is 15.9. The highest BCUT2D eigenvalue weighted by atomic mass is 35.5. The number of hydrogen-bond acceptors (Lipinski definition) is 5. The molecule has 1 aromatic rings. The number of piperidine rings is 1. The fraction of sp³-hybridized carbons (Fsp3) is 0.571. The van der Waals surface area contributed by atoms with Crippen LogP contribution in [0.2, 0.25) is 0 Å². The first kappa shape index (κ1) is 20.4. The van der Waals surface area contributed by atoms with Crippen LogP contribution in [0, 0.1) is 6.92 Å². The number of benzene rings is 1. The van der Waals surface area contributed by atoms with Crippen LogP contribution in [0.25, 0.3) is 0 Å². The summed E-state index contributed by atoms with van der Waals surface area (Å²) >= 11 is 0. The van der Waals surface area contributed by atoms with Crippen LogP contribution in [-0.2, 0) is 19.9 Å². The molecule has 1 aliphatic heterocycles. The Labute approximate surface area is 144 Å². The van der Waals surface area contributed by atoms with Gasteiger partial charge in [-0.15, -0.1) is 12.4 Å². The van der Waals surface area contributed by atoms with Gasteiger partial charge in [-0.05, 0) is 44.5 Å². The van der Waals surface area contributed by atoms with Crippen LogP contribution >= 0.6 is 12.4 Å². The van der Waals surface area contributed by atoms with Crippen LogP contribution in [0.5, 0.6) is 0 Å². The van der Waals surface area contributed by atoms with E-state index in [1.54, 1.807) is 13.0 Å². The third-order valence-corrected chi connectivity index (χ3v) is 7.12. The van der Waals surface area contributed by atoms with Gasteiger partial charge in [-0.3, -0.25) is 0 Å². The maximum Gasteiger partial charge on any atom is 0.243 e. The number of halogens is 1. The van der Waals surface area contributed by atoms with E-state index in [0.29, 0.717) is 18.7 Å². The third-order valence-electron chi connectivity index (χ3n) is 4.00. The summed E-state index contributed by atoms with van der Waals surface area (Å²) in [6, 6.07) is 4.38. The molecular weight excluding hydrogens is 360 g/mol. The van der Waals surface area contributed by atoms with Crippen molar-refractivity contribution in [3.05, 3.63) is 23.8 Å². The van der Waals surface area contributed by atoms with Crippen LogP contribution in [-0.4, -0.2) is 53.6 Å². The summed E-state index contributed by atoms with van der Waals surface area (Å²) in [7, 11) is -5.32. The lowest BCUT2D eigenvalue weighted by Gasteiger charge is -2.32. The molecule has 1 fully saturated rings. The van der Waals surface area contributed by atoms with Gasteiger partial charge in [-0.2, -0.15) is 4.31 Å². The van der Waals surface area contributed by atoms with Gasteiger partial charge in [0, 0.05) is 25.4 Å². The number of aryl methyl sites for hydroxylation is 1. The Morgan fingerprint density at radius 1 is 1.22 bits per heavy atom. The average Bonchev–Trinajstić information content (AvgIpc) is 2.46. The van der Waals surface area contributed by atoms with E-state index in [1.807, 2.05) is 7.05 Å². The van der Waals surface area contributed by atoms with Crippen LogP contribution in [0.15, 0.2) is 28.0 Å². The van der Waals surface area contributed by atoms with Crippen LogP contribution in [0.4, 0.5) is 0 Å². The van der Waals surface area contributed by atoms with Crippen molar-refractivity contribution in [3.8, 4) is 0 Å². The molecule has 9 heteroatoms. The van der Waals surface area contributed by atoms with Crippen molar-refractivity contribution in [2.75, 3.05) is 26.4 Å². The normalized spacial score (nSPS) is 20.0. The topological polar surface area (TPSA) is 83.6 Å². The summed E-state index contributed by atoms with van der Waals surface area (Å²) in [5.74, 6) is 0. The fourth-order valence-corrected chi connectivity index (χ4v) is 5.12. The van der Waals surface area contributed by atoms with Gasteiger partial charge in [0.15, 0.2) is 9.84 Å². The Kier molecular flexibility index (Phi) is 6.63. The van der Waals surface area contributed by atoms with Crippen LogP contribution in [0.1, 0.15) is 18.4 Å². The van der Waals surface area contributed by atoms with Gasteiger partial charge in [-0.25, -0.2) is 16.8 Å². The molecule has 0 aromatic heterocycles. The molecule has 1 aromatic carbocycles. The molecule has 0 amide bonds. The number of sulfonamides is 1. The largest absolute Gasteiger partial charge is 0.316 e. The van der Waals surface area contributed by atoms with Crippen molar-refractivity contribution < 1.29 is 16.8 Å². The first-order valence-electron chi connectivity index (χ1n) is 7.14. The second-order valence-electron chi connectivity index (χ2n) is 5.69. The highest BCUT2D eigenvalue weighted by molar-refractivity contribution is 7.91. The molecule has 0 radical (unpaired) electrons. The Morgan fingerprint density at radius 3 is 2.43 bits per heavy atom. The second-order valence-corrected chi connectivity index (χ2v) is 9.61. The van der Waals surface area contributed by atoms with Crippen LogP contribution in [0.3, 0.4) is 0 Å². The van der Waals surface area contributed by atoms with Crippen molar-refractivity contribution in [2.24, 2.45) is 0 Å². The summed E-state index contributed by atoms with van der Waals surface area (Å²) in [6.07, 6.45) is 2.80. The Balaban J connectivity index is 0.00000264. The van der Waals surface area contributed by atoms with Gasteiger partial charge in [0.05, 0.1) is 9.79 Å². The lowest BCUT2D eigenvalue weighted by atomic mass is 10.1. The minimum Gasteiger partial charge on any atom is -0.316 e. The molecule has 132 valence electrons. The summed E-state index contributed by atoms with van der Waals surface area (Å²) in [6.45, 7) is 2.54. The second kappa shape index (κ2) is 7.48. The molecule has 0 saturated carbocycles. The molecule has 6 nitrogen and oxygen atoms in total. The number of hydrogen-bond donors (Lipinski definition) is 1. The molecule has 1 aliphatic rings. The highest BCUT2D eigenvalue weighted by Gasteiger charge is 2.31. The molecule has 1 N–H and O–H groups in total. The van der Waals surface area contributed by atoms with E-state index in [0.717, 1.165) is 19.1 Å². The number of nitrogens with zero attached hydrogens (tertiary/aromatic N) is 1. The minimum atomic E-state index is -3.69. The van der Waals surface area contributed by atoms with E-state index >= 15 is 0 Å². The van der Waals surface area contributed by atoms with Crippen molar-refractivity contribution in [3.63, 3.8) is 0 Å². The zero-order valence-electron chi connectivity index (χ0n) is 13.4. The standard InChI is InChI=1S/C14H22N2O4S2.ClH/c1-11-6-7-13(21(3,17)18)9-14(11)22(19,20)16-8-4-5-12(10-16)15-2;/h6-7,9,12,15H,4-5,8,10H2,1-3H3;1H. The predicted octanol–water partition coefficient (Wildman–Crippen LogP) is 1.19. The summed E-state index contributed by atoms with van der Waals surface area (Å²) in [5, 5.41) is 3.11. The van der Waals surface area contributed by atoms with E-state index in [9.17, 15) is 16.8 Å². The quantitative estimate of drug-likeness (QED) is 0.845. The van der Waals surface area contributed by atoms with Gasteiger partial charge >= 0.3 is 0 Å². The van der Waals surface area contributed by atoms with Gasteiger partial charge in [0.1, 0.15) is 0 Å². The van der Waals surface area contributed by atoms with Gasteiger partial charge < -0.3 is 5.32 Å². The molecule has 0 aliphatic carbocycles. The zero-order chi connectivity index (χ0) is 16.5. The van der Waals surface area contributed by atoms with E-state index in [1.165, 1.54) is 16.4 Å². The number of nitrogens with one attached hydrogen (secondary N) is 1. The molecule has 0 spiro atoms. The van der Waals surface area contributed by atoms with Crippen LogP contribution < -0.4 is 5.32 Å². The fourth-order valence-electron chi connectivity index (χ4n) is 2.62. The Morgan fingerprint density at radius 2 is 1.87 bits per heavy atom. The van der Waals surface area contributed by atoms with Crippen molar-refractivity contribution in [2.45, 2.75) is 35.6 Å². The molecule has 23 heavy (non-hydrogen) atoms. The van der Waals surface area contributed by atoms with E-state index in [2.05, 4.69) is 5.32 Å². The van der Waals surface area contributed by atoms with Gasteiger partial charge in [-0.1, -0.05) is 6.07 Å². The number of likely N-dealkylation sites (N-methyl/N-ethyl adjacent to an activating group) is 1. The first-order valence-corrected chi connectivity index (χ1v) is 10.5. The van der Waals surface area contributed by atoms with Crippen molar-refractivity contribution in [1.82, 2.24) is 9.62 Å². The molecule has 1 heterocycles. The summed E-state index contributed by atoms with van der Waals surface area (Å²) in [4.78, 5) is 0.103. The molecule has 1 atom stereocenters. The third kappa shape index (κ3) is 4.45. The summed E-state index contributed by atoms with van der Waals surface area (Å²) in [5.41, 5.74) is 0.555. The molecule has 2 rings (SSSR count). The molecule has 1 saturated heterocycles. The van der Waals surface area contributed by atoms with E-state index in [-0.39, 0.29) is 28.2 Å². The van der Waals surface area contributed by atoms with Gasteiger partial charge in [0.2, 0.25) is 10.0 Å². The minimum absolute atomic E-state index is 0. The number of rotatable bonds is 4. The van der Waals surface area contributed by atoms with E-state index in [4.69, 9.17) is 0 Å². The lowest BCUT2D eigenvalue weighted by Crippen LogP contribution is -2.47. The highest BCUT2D eigenvalue weighted by Crippen LogP contribution is 2.25. The van der Waals surface area contributed by atoms with Crippen molar-refractivity contribution >= 4 is 32.3 Å². The Hall–Kier alpha value is -0.670. The molecule has 0 bridgehead atoms. The average molecular weight is 383 g/mol. The van der Waals surface area contributed by atoms with Gasteiger partial charge in [0.25, 0.3) is 0 Å². The maximum atomic E-state index is 12.9. The predicted molar refractivity (Wildman–Crippen MR) is 92.4 cm³/mol. The van der Waals surface area contributed by atoms with Crippen molar-refractivity contribution in [1.29, 1.82) is 0 Å².